The van der Waals surface area contributed by atoms with Crippen LogP contribution in [-0.4, -0.2) is 33.9 Å². The lowest BCUT2D eigenvalue weighted by Gasteiger charge is -2.29. The van der Waals surface area contributed by atoms with Gasteiger partial charge in [-0.05, 0) is 37.5 Å². The fraction of sp³-hybridized carbons (Fsp3) is 0.400. The van der Waals surface area contributed by atoms with E-state index in [4.69, 9.17) is 9.73 Å². The fourth-order valence-electron chi connectivity index (χ4n) is 4.38. The molecule has 1 aliphatic carbocycles. The second-order valence-corrected chi connectivity index (χ2v) is 8.87. The smallest absolute Gasteiger partial charge is 0.192 e. The van der Waals surface area contributed by atoms with Crippen molar-refractivity contribution in [3.63, 3.8) is 0 Å². The molecule has 2 aliphatic rings. The molecule has 0 bridgehead atoms. The van der Waals surface area contributed by atoms with E-state index in [1.54, 1.807) is 6.07 Å². The topological polar surface area (TPSA) is 76.4 Å². The van der Waals surface area contributed by atoms with Gasteiger partial charge in [-0.3, -0.25) is 0 Å². The van der Waals surface area contributed by atoms with Crippen LogP contribution in [0.2, 0.25) is 0 Å². The van der Waals surface area contributed by atoms with Crippen molar-refractivity contribution < 1.29 is 9.13 Å². The molecule has 1 saturated carbocycles. The molecule has 0 spiro atoms. The number of fused-ring (bicyclic) bond motifs is 1. The lowest BCUT2D eigenvalue weighted by Crippen LogP contribution is -2.44. The number of halogens is 1. The summed E-state index contributed by atoms with van der Waals surface area (Å²) in [6.07, 6.45) is 2.74. The normalized spacial score (nSPS) is 18.9. The molecular weight excluding hydrogens is 419 g/mol. The average molecular weight is 449 g/mol. The van der Waals surface area contributed by atoms with Crippen LogP contribution in [-0.2, 0) is 19.0 Å². The molecule has 172 valence electrons. The third kappa shape index (κ3) is 4.42. The number of hydrogen-bond acceptors (Lipinski definition) is 4. The lowest BCUT2D eigenvalue weighted by atomic mass is 9.95. The first kappa shape index (κ1) is 21.4. The van der Waals surface area contributed by atoms with E-state index in [1.165, 1.54) is 6.07 Å². The van der Waals surface area contributed by atoms with Gasteiger partial charge in [0.25, 0.3) is 0 Å². The van der Waals surface area contributed by atoms with Gasteiger partial charge in [0.15, 0.2) is 11.8 Å². The summed E-state index contributed by atoms with van der Waals surface area (Å²) in [4.78, 5) is 4.82. The summed E-state index contributed by atoms with van der Waals surface area (Å²) in [5, 5.41) is 15.4. The third-order valence-corrected chi connectivity index (χ3v) is 6.72. The molecule has 8 heteroatoms. The van der Waals surface area contributed by atoms with E-state index in [1.807, 2.05) is 48.9 Å². The Hall–Kier alpha value is -3.42. The minimum atomic E-state index is -0.192. The molecule has 2 N–H and O–H groups in total. The maximum atomic E-state index is 14.5. The minimum absolute atomic E-state index is 0.0750. The summed E-state index contributed by atoms with van der Waals surface area (Å²) in [5.74, 6) is 3.07. The van der Waals surface area contributed by atoms with Gasteiger partial charge in [-0.2, -0.15) is 0 Å². The van der Waals surface area contributed by atoms with Crippen molar-refractivity contribution >= 4 is 5.96 Å². The molecule has 0 radical (unpaired) electrons. The summed E-state index contributed by atoms with van der Waals surface area (Å²) in [6.45, 7) is 3.57. The summed E-state index contributed by atoms with van der Waals surface area (Å²) < 4.78 is 22.3. The van der Waals surface area contributed by atoms with Crippen molar-refractivity contribution in [1.82, 2.24) is 25.4 Å². The number of aryl methyl sites for hydroxylation is 1. The van der Waals surface area contributed by atoms with Crippen LogP contribution in [0.15, 0.2) is 53.5 Å². The SMILES string of the molecule is Cc1nnc(CN=C(NCC2(c3ccccc3F)CC2)NC2CCOc3ccccc32)n1C. The largest absolute Gasteiger partial charge is 0.493 e. The Morgan fingerprint density at radius 3 is 2.73 bits per heavy atom. The van der Waals surface area contributed by atoms with Crippen molar-refractivity contribution in [3.8, 4) is 5.75 Å². The highest BCUT2D eigenvalue weighted by Gasteiger charge is 2.46. The molecule has 0 saturated heterocycles. The highest BCUT2D eigenvalue weighted by molar-refractivity contribution is 5.80. The predicted molar refractivity (Wildman–Crippen MR) is 125 cm³/mol. The Balaban J connectivity index is 1.37. The van der Waals surface area contributed by atoms with Gasteiger partial charge in [0.05, 0.1) is 12.6 Å². The first-order valence-electron chi connectivity index (χ1n) is 11.4. The van der Waals surface area contributed by atoms with Gasteiger partial charge in [0.1, 0.15) is 23.9 Å². The van der Waals surface area contributed by atoms with E-state index < -0.39 is 0 Å². The number of nitrogens with one attached hydrogen (secondary N) is 2. The molecule has 0 amide bonds. The Labute approximate surface area is 193 Å². The molecule has 1 aromatic heterocycles. The molecule has 33 heavy (non-hydrogen) atoms. The van der Waals surface area contributed by atoms with Crippen molar-refractivity contribution in [2.45, 2.75) is 44.2 Å². The van der Waals surface area contributed by atoms with Crippen molar-refractivity contribution in [1.29, 1.82) is 0 Å². The Morgan fingerprint density at radius 1 is 1.18 bits per heavy atom. The zero-order chi connectivity index (χ0) is 22.8. The van der Waals surface area contributed by atoms with Crippen LogP contribution in [0.4, 0.5) is 4.39 Å². The van der Waals surface area contributed by atoms with Crippen molar-refractivity contribution in [2.24, 2.45) is 12.0 Å². The molecule has 1 unspecified atom stereocenters. The number of nitrogens with zero attached hydrogens (tertiary/aromatic N) is 4. The van der Waals surface area contributed by atoms with Crippen LogP contribution in [0, 0.1) is 12.7 Å². The highest BCUT2D eigenvalue weighted by atomic mass is 19.1. The molecule has 1 atom stereocenters. The van der Waals surface area contributed by atoms with Crippen LogP contribution in [0.25, 0.3) is 0 Å². The summed E-state index contributed by atoms with van der Waals surface area (Å²) in [7, 11) is 1.94. The Bertz CT molecular complexity index is 1170. The van der Waals surface area contributed by atoms with Crippen molar-refractivity contribution in [3.05, 3.63) is 77.1 Å². The van der Waals surface area contributed by atoms with E-state index in [9.17, 15) is 4.39 Å². The molecule has 2 aromatic carbocycles. The number of benzene rings is 2. The van der Waals surface area contributed by atoms with Gasteiger partial charge >= 0.3 is 0 Å². The number of rotatable bonds is 6. The van der Waals surface area contributed by atoms with Gasteiger partial charge in [0, 0.05) is 31.0 Å². The Kier molecular flexibility index (Phi) is 5.74. The number of aliphatic imine (C=N–C) groups is 1. The zero-order valence-electron chi connectivity index (χ0n) is 19.0. The molecule has 1 fully saturated rings. The number of guanidine groups is 1. The molecule has 1 aliphatic heterocycles. The number of aromatic nitrogens is 3. The Morgan fingerprint density at radius 2 is 1.97 bits per heavy atom. The first-order chi connectivity index (χ1) is 16.1. The fourth-order valence-corrected chi connectivity index (χ4v) is 4.38. The maximum absolute atomic E-state index is 14.5. The average Bonchev–Trinajstić information content (AvgIpc) is 3.56. The highest BCUT2D eigenvalue weighted by Crippen LogP contribution is 2.48. The van der Waals surface area contributed by atoms with Crippen LogP contribution >= 0.6 is 0 Å². The molecule has 5 rings (SSSR count). The van der Waals surface area contributed by atoms with Crippen LogP contribution in [0.5, 0.6) is 5.75 Å². The predicted octanol–water partition coefficient (Wildman–Crippen LogP) is 3.55. The van der Waals surface area contributed by atoms with E-state index in [0.29, 0.717) is 25.7 Å². The lowest BCUT2D eigenvalue weighted by molar-refractivity contribution is 0.261. The number of hydrogen-bond donors (Lipinski definition) is 2. The van der Waals surface area contributed by atoms with Gasteiger partial charge in [-0.1, -0.05) is 36.4 Å². The van der Waals surface area contributed by atoms with Gasteiger partial charge in [-0.25, -0.2) is 9.38 Å². The van der Waals surface area contributed by atoms with Crippen LogP contribution < -0.4 is 15.4 Å². The quantitative estimate of drug-likeness (QED) is 0.446. The second-order valence-electron chi connectivity index (χ2n) is 8.87. The summed E-state index contributed by atoms with van der Waals surface area (Å²) in [5.41, 5.74) is 1.70. The zero-order valence-corrected chi connectivity index (χ0v) is 19.0. The standard InChI is InChI=1S/C25H29FN6O/c1-17-30-31-23(32(17)2)15-27-24(29-21-11-14-33-22-10-6-3-7-18(21)22)28-16-25(12-13-25)19-8-4-5-9-20(19)26/h3-10,21H,11-16H2,1-2H3,(H2,27,28,29). The first-order valence-corrected chi connectivity index (χ1v) is 11.4. The van der Waals surface area contributed by atoms with E-state index in [-0.39, 0.29) is 17.3 Å². The summed E-state index contributed by atoms with van der Waals surface area (Å²) >= 11 is 0. The monoisotopic (exact) mass is 448 g/mol. The minimum Gasteiger partial charge on any atom is -0.493 e. The second kappa shape index (κ2) is 8.84. The molecular formula is C25H29FN6O. The maximum Gasteiger partial charge on any atom is 0.192 e. The van der Waals surface area contributed by atoms with Gasteiger partial charge in [-0.15, -0.1) is 10.2 Å². The molecule has 7 nitrogen and oxygen atoms in total. The van der Waals surface area contributed by atoms with Crippen LogP contribution in [0.1, 0.15) is 48.1 Å². The van der Waals surface area contributed by atoms with E-state index in [0.717, 1.165) is 47.8 Å². The van der Waals surface area contributed by atoms with Gasteiger partial charge in [0.2, 0.25) is 0 Å². The van der Waals surface area contributed by atoms with Crippen LogP contribution in [0.3, 0.4) is 0 Å². The molecule has 3 aromatic rings. The number of para-hydroxylation sites is 1. The third-order valence-electron chi connectivity index (χ3n) is 6.72. The number of ether oxygens (including phenoxy) is 1. The van der Waals surface area contributed by atoms with E-state index >= 15 is 0 Å². The van der Waals surface area contributed by atoms with Gasteiger partial charge < -0.3 is 19.9 Å². The van der Waals surface area contributed by atoms with Crippen molar-refractivity contribution in [2.75, 3.05) is 13.2 Å². The van der Waals surface area contributed by atoms with E-state index in [2.05, 4.69) is 26.9 Å². The molecule has 2 heterocycles. The summed E-state index contributed by atoms with van der Waals surface area (Å²) in [6, 6.07) is 15.2.